The van der Waals surface area contributed by atoms with Crippen molar-refractivity contribution in [3.63, 3.8) is 0 Å². The van der Waals surface area contributed by atoms with Crippen LogP contribution in [0.25, 0.3) is 10.2 Å². The quantitative estimate of drug-likeness (QED) is 0.876. The summed E-state index contributed by atoms with van der Waals surface area (Å²) >= 11 is 7.34. The monoisotopic (exact) mass is 242 g/mol. The maximum absolute atomic E-state index is 11.7. The van der Waals surface area contributed by atoms with Gasteiger partial charge in [-0.2, -0.15) is 0 Å². The van der Waals surface area contributed by atoms with E-state index in [1.807, 2.05) is 19.1 Å². The highest BCUT2D eigenvalue weighted by molar-refractivity contribution is 7.16. The van der Waals surface area contributed by atoms with Crippen LogP contribution < -0.4 is 10.6 Å². The van der Waals surface area contributed by atoms with Gasteiger partial charge in [0.1, 0.15) is 0 Å². The number of benzene rings is 1. The van der Waals surface area contributed by atoms with Gasteiger partial charge in [0.25, 0.3) is 0 Å². The zero-order valence-corrected chi connectivity index (χ0v) is 9.86. The van der Waals surface area contributed by atoms with Gasteiger partial charge in [0.15, 0.2) is 0 Å². The van der Waals surface area contributed by atoms with Gasteiger partial charge >= 0.3 is 4.87 Å². The number of aryl methyl sites for hydroxylation is 1. The molecule has 0 aliphatic rings. The van der Waals surface area contributed by atoms with Crippen LogP contribution in [0, 0.1) is 6.92 Å². The fraction of sp³-hybridized carbons (Fsp3) is 0.300. The average Bonchev–Trinajstić information content (AvgIpc) is 2.43. The van der Waals surface area contributed by atoms with Crippen LogP contribution in [0.2, 0.25) is 5.02 Å². The third-order valence-corrected chi connectivity index (χ3v) is 3.43. The van der Waals surface area contributed by atoms with E-state index >= 15 is 0 Å². The molecule has 0 atom stereocenters. The molecule has 0 fully saturated rings. The molecule has 15 heavy (non-hydrogen) atoms. The number of nitrogens with zero attached hydrogens (tertiary/aromatic N) is 1. The standard InChI is InChI=1S/C10H11ClN2OS/c1-6-4-7(11)9-8(5-6)15-10(14)13(9)3-2-12/h4-5H,2-3,12H2,1H3. The minimum Gasteiger partial charge on any atom is -0.329 e. The van der Waals surface area contributed by atoms with Crippen LogP contribution in [0.15, 0.2) is 16.9 Å². The van der Waals surface area contributed by atoms with E-state index in [0.29, 0.717) is 18.1 Å². The van der Waals surface area contributed by atoms with Gasteiger partial charge in [0.2, 0.25) is 0 Å². The second kappa shape index (κ2) is 3.96. The molecule has 2 N–H and O–H groups in total. The highest BCUT2D eigenvalue weighted by Crippen LogP contribution is 2.26. The molecule has 80 valence electrons. The third kappa shape index (κ3) is 1.80. The zero-order valence-electron chi connectivity index (χ0n) is 8.29. The second-order valence-electron chi connectivity index (χ2n) is 3.40. The Balaban J connectivity index is 2.81. The summed E-state index contributed by atoms with van der Waals surface area (Å²) in [5, 5.41) is 0.622. The molecule has 0 aliphatic carbocycles. The molecule has 2 aromatic rings. The molecule has 0 spiro atoms. The number of hydrogen-bond acceptors (Lipinski definition) is 3. The van der Waals surface area contributed by atoms with Crippen LogP contribution in [0.4, 0.5) is 0 Å². The van der Waals surface area contributed by atoms with Gasteiger partial charge in [-0.25, -0.2) is 0 Å². The molecule has 0 radical (unpaired) electrons. The van der Waals surface area contributed by atoms with Crippen molar-refractivity contribution in [2.75, 3.05) is 6.54 Å². The Morgan fingerprint density at radius 1 is 1.53 bits per heavy atom. The highest BCUT2D eigenvalue weighted by Gasteiger charge is 2.10. The molecule has 1 heterocycles. The second-order valence-corrected chi connectivity index (χ2v) is 4.80. The average molecular weight is 243 g/mol. The highest BCUT2D eigenvalue weighted by atomic mass is 35.5. The van der Waals surface area contributed by atoms with Crippen LogP contribution >= 0.6 is 22.9 Å². The first-order valence-electron chi connectivity index (χ1n) is 4.63. The van der Waals surface area contributed by atoms with Gasteiger partial charge in [-0.3, -0.25) is 9.36 Å². The lowest BCUT2D eigenvalue weighted by atomic mass is 10.2. The number of nitrogens with two attached hydrogens (primary N) is 1. The number of halogens is 1. The van der Waals surface area contributed by atoms with Gasteiger partial charge in [0.05, 0.1) is 15.2 Å². The molecular weight excluding hydrogens is 232 g/mol. The maximum atomic E-state index is 11.7. The normalized spacial score (nSPS) is 11.1. The van der Waals surface area contributed by atoms with E-state index in [-0.39, 0.29) is 4.87 Å². The molecular formula is C10H11ClN2OS. The third-order valence-electron chi connectivity index (χ3n) is 2.21. The van der Waals surface area contributed by atoms with E-state index in [2.05, 4.69) is 0 Å². The molecule has 3 nitrogen and oxygen atoms in total. The number of rotatable bonds is 2. The Kier molecular flexibility index (Phi) is 2.82. The molecule has 0 saturated heterocycles. The molecule has 0 amide bonds. The summed E-state index contributed by atoms with van der Waals surface area (Å²) in [6.07, 6.45) is 0. The van der Waals surface area contributed by atoms with Gasteiger partial charge < -0.3 is 5.73 Å². The van der Waals surface area contributed by atoms with Crippen molar-refractivity contribution in [3.8, 4) is 0 Å². The minimum absolute atomic E-state index is 0.00273. The Morgan fingerprint density at radius 3 is 2.93 bits per heavy atom. The Labute approximate surface area is 96.1 Å². The Morgan fingerprint density at radius 2 is 2.27 bits per heavy atom. The van der Waals surface area contributed by atoms with E-state index < -0.39 is 0 Å². The van der Waals surface area contributed by atoms with Crippen molar-refractivity contribution in [1.29, 1.82) is 0 Å². The van der Waals surface area contributed by atoms with Gasteiger partial charge in [-0.05, 0) is 24.6 Å². The summed E-state index contributed by atoms with van der Waals surface area (Å²) in [4.78, 5) is 11.7. The lowest BCUT2D eigenvalue weighted by Gasteiger charge is -2.03. The summed E-state index contributed by atoms with van der Waals surface area (Å²) in [5.41, 5.74) is 7.33. The molecule has 2 rings (SSSR count). The van der Waals surface area contributed by atoms with Crippen molar-refractivity contribution in [2.24, 2.45) is 5.73 Å². The van der Waals surface area contributed by atoms with Crippen LogP contribution in [0.1, 0.15) is 5.56 Å². The summed E-state index contributed by atoms with van der Waals surface area (Å²) in [7, 11) is 0. The molecule has 1 aromatic heterocycles. The van der Waals surface area contributed by atoms with Crippen LogP contribution in [0.3, 0.4) is 0 Å². The molecule has 0 unspecified atom stereocenters. The van der Waals surface area contributed by atoms with E-state index in [1.54, 1.807) is 4.57 Å². The molecule has 5 heteroatoms. The fourth-order valence-electron chi connectivity index (χ4n) is 1.62. The summed E-state index contributed by atoms with van der Waals surface area (Å²) in [5.74, 6) is 0. The van der Waals surface area contributed by atoms with Crippen molar-refractivity contribution in [3.05, 3.63) is 32.4 Å². The van der Waals surface area contributed by atoms with Crippen molar-refractivity contribution < 1.29 is 0 Å². The van der Waals surface area contributed by atoms with E-state index in [9.17, 15) is 4.79 Å². The largest absolute Gasteiger partial charge is 0.329 e. The minimum atomic E-state index is 0.00273. The van der Waals surface area contributed by atoms with Crippen molar-refractivity contribution in [1.82, 2.24) is 4.57 Å². The number of thiazole rings is 1. The van der Waals surface area contributed by atoms with E-state index in [0.717, 1.165) is 15.8 Å². The first-order valence-corrected chi connectivity index (χ1v) is 5.82. The lowest BCUT2D eigenvalue weighted by Crippen LogP contribution is -2.18. The van der Waals surface area contributed by atoms with E-state index in [4.69, 9.17) is 17.3 Å². The van der Waals surface area contributed by atoms with Crippen molar-refractivity contribution >= 4 is 33.2 Å². The smallest absolute Gasteiger partial charge is 0.308 e. The predicted molar refractivity (Wildman–Crippen MR) is 64.9 cm³/mol. The van der Waals surface area contributed by atoms with Gasteiger partial charge in [-0.15, -0.1) is 0 Å². The number of fused-ring (bicyclic) bond motifs is 1. The zero-order chi connectivity index (χ0) is 11.0. The van der Waals surface area contributed by atoms with Crippen LogP contribution in [-0.2, 0) is 6.54 Å². The van der Waals surface area contributed by atoms with Crippen molar-refractivity contribution in [2.45, 2.75) is 13.5 Å². The number of aromatic nitrogens is 1. The first kappa shape index (κ1) is 10.7. The van der Waals surface area contributed by atoms with Gasteiger partial charge in [-0.1, -0.05) is 22.9 Å². The Hall–Kier alpha value is -0.840. The topological polar surface area (TPSA) is 48.0 Å². The fourth-order valence-corrected chi connectivity index (χ4v) is 3.09. The summed E-state index contributed by atoms with van der Waals surface area (Å²) in [6.45, 7) is 2.92. The molecule has 0 saturated carbocycles. The van der Waals surface area contributed by atoms with Crippen LogP contribution in [-0.4, -0.2) is 11.1 Å². The van der Waals surface area contributed by atoms with Crippen LogP contribution in [0.5, 0.6) is 0 Å². The summed E-state index contributed by atoms with van der Waals surface area (Å²) < 4.78 is 2.57. The molecule has 0 bridgehead atoms. The number of hydrogen-bond donors (Lipinski definition) is 1. The predicted octanol–water partition coefficient (Wildman–Crippen LogP) is 1.98. The van der Waals surface area contributed by atoms with E-state index in [1.165, 1.54) is 11.3 Å². The summed E-state index contributed by atoms with van der Waals surface area (Å²) in [6, 6.07) is 3.84. The lowest BCUT2D eigenvalue weighted by molar-refractivity contribution is 0.721. The maximum Gasteiger partial charge on any atom is 0.308 e. The Bertz CT molecular complexity index is 558. The van der Waals surface area contributed by atoms with Gasteiger partial charge in [0, 0.05) is 13.1 Å². The SMILES string of the molecule is Cc1cc(Cl)c2c(c1)sc(=O)n2CCN. The first-order chi connectivity index (χ1) is 7.13. The molecule has 0 aliphatic heterocycles. The molecule has 1 aromatic carbocycles.